The average Bonchev–Trinajstić information content (AvgIpc) is 2.64. The number of halogens is 2. The van der Waals surface area contributed by atoms with Crippen LogP contribution in [0.5, 0.6) is 0 Å². The summed E-state index contributed by atoms with van der Waals surface area (Å²) in [4.78, 5) is 24.0. The van der Waals surface area contributed by atoms with Crippen molar-refractivity contribution < 1.29 is 23.1 Å². The molecule has 0 aliphatic heterocycles. The molecular formula is C21H23F2NO3. The lowest BCUT2D eigenvalue weighted by Gasteiger charge is -2.14. The normalized spacial score (nSPS) is 10.6. The van der Waals surface area contributed by atoms with Gasteiger partial charge in [-0.1, -0.05) is 18.2 Å². The first-order valence-corrected chi connectivity index (χ1v) is 8.81. The summed E-state index contributed by atoms with van der Waals surface area (Å²) in [5.74, 6) is -2.78. The number of carbonyl (C=O) groups is 2. The maximum atomic E-state index is 14.3. The molecule has 0 aliphatic carbocycles. The topological polar surface area (TPSA) is 55.4 Å². The van der Waals surface area contributed by atoms with Crippen molar-refractivity contribution in [2.45, 2.75) is 40.2 Å². The first-order valence-electron chi connectivity index (χ1n) is 8.81. The van der Waals surface area contributed by atoms with E-state index in [9.17, 15) is 18.4 Å². The van der Waals surface area contributed by atoms with Crippen LogP contribution < -0.4 is 5.32 Å². The molecule has 0 saturated heterocycles. The summed E-state index contributed by atoms with van der Waals surface area (Å²) in [6, 6.07) is 7.79. The second kappa shape index (κ2) is 9.26. The highest BCUT2D eigenvalue weighted by atomic mass is 19.2. The van der Waals surface area contributed by atoms with Crippen LogP contribution in [0.1, 0.15) is 46.0 Å². The van der Waals surface area contributed by atoms with Crippen molar-refractivity contribution in [2.75, 3.05) is 6.61 Å². The SMILES string of the molecule is CCOC(=O)CCc1ccc(F)c(F)c1CNC(=O)c1cccc(C)c1C. The van der Waals surface area contributed by atoms with Crippen LogP contribution >= 0.6 is 0 Å². The van der Waals surface area contributed by atoms with E-state index < -0.39 is 17.6 Å². The minimum absolute atomic E-state index is 0.0398. The van der Waals surface area contributed by atoms with E-state index in [4.69, 9.17) is 4.74 Å². The number of rotatable bonds is 7. The molecule has 0 saturated carbocycles. The number of amides is 1. The predicted molar refractivity (Wildman–Crippen MR) is 98.4 cm³/mol. The van der Waals surface area contributed by atoms with E-state index >= 15 is 0 Å². The smallest absolute Gasteiger partial charge is 0.306 e. The van der Waals surface area contributed by atoms with Crippen LogP contribution in [0.3, 0.4) is 0 Å². The lowest BCUT2D eigenvalue weighted by Crippen LogP contribution is -2.25. The van der Waals surface area contributed by atoms with E-state index in [1.807, 2.05) is 19.9 Å². The van der Waals surface area contributed by atoms with Gasteiger partial charge < -0.3 is 10.1 Å². The molecule has 4 nitrogen and oxygen atoms in total. The third-order valence-electron chi connectivity index (χ3n) is 4.47. The summed E-state index contributed by atoms with van der Waals surface area (Å²) in [5, 5.41) is 2.64. The maximum absolute atomic E-state index is 14.3. The molecule has 0 bridgehead atoms. The van der Waals surface area contributed by atoms with Gasteiger partial charge in [-0.15, -0.1) is 0 Å². The highest BCUT2D eigenvalue weighted by Gasteiger charge is 2.17. The molecule has 1 amide bonds. The predicted octanol–water partition coefficient (Wildman–Crippen LogP) is 4.01. The summed E-state index contributed by atoms with van der Waals surface area (Å²) in [7, 11) is 0. The van der Waals surface area contributed by atoms with Crippen molar-refractivity contribution in [2.24, 2.45) is 0 Å². The molecule has 0 atom stereocenters. The van der Waals surface area contributed by atoms with Crippen LogP contribution in [-0.2, 0) is 22.5 Å². The van der Waals surface area contributed by atoms with Gasteiger partial charge in [-0.3, -0.25) is 9.59 Å². The Morgan fingerprint density at radius 2 is 1.85 bits per heavy atom. The van der Waals surface area contributed by atoms with Crippen LogP contribution in [0, 0.1) is 25.5 Å². The van der Waals surface area contributed by atoms with Crippen molar-refractivity contribution in [3.8, 4) is 0 Å². The lowest BCUT2D eigenvalue weighted by molar-refractivity contribution is -0.143. The molecule has 1 N–H and O–H groups in total. The fraction of sp³-hybridized carbons (Fsp3) is 0.333. The summed E-state index contributed by atoms with van der Waals surface area (Å²) in [6.07, 6.45) is 0.252. The zero-order valence-electron chi connectivity index (χ0n) is 15.7. The van der Waals surface area contributed by atoms with Gasteiger partial charge in [0, 0.05) is 24.1 Å². The van der Waals surface area contributed by atoms with Gasteiger partial charge in [0.25, 0.3) is 5.91 Å². The Morgan fingerprint density at radius 3 is 2.56 bits per heavy atom. The molecule has 0 spiro atoms. The van der Waals surface area contributed by atoms with E-state index in [1.54, 1.807) is 19.1 Å². The molecule has 6 heteroatoms. The first-order chi connectivity index (χ1) is 12.8. The lowest BCUT2D eigenvalue weighted by atomic mass is 10.0. The minimum Gasteiger partial charge on any atom is -0.466 e. The molecule has 0 unspecified atom stereocenters. The van der Waals surface area contributed by atoms with Gasteiger partial charge in [-0.05, 0) is 56.0 Å². The van der Waals surface area contributed by atoms with Crippen molar-refractivity contribution in [3.63, 3.8) is 0 Å². The number of carbonyl (C=O) groups excluding carboxylic acids is 2. The largest absolute Gasteiger partial charge is 0.466 e. The Bertz CT molecular complexity index is 850. The Kier molecular flexibility index (Phi) is 7.05. The molecule has 0 radical (unpaired) electrons. The number of hydrogen-bond donors (Lipinski definition) is 1. The molecule has 2 aromatic carbocycles. The molecule has 144 valence electrons. The minimum atomic E-state index is -1.02. The van der Waals surface area contributed by atoms with Crippen LogP contribution in [-0.4, -0.2) is 18.5 Å². The zero-order chi connectivity index (χ0) is 20.0. The quantitative estimate of drug-likeness (QED) is 0.744. The average molecular weight is 375 g/mol. The van der Waals surface area contributed by atoms with Gasteiger partial charge in [-0.25, -0.2) is 8.78 Å². The molecule has 0 heterocycles. The number of nitrogens with one attached hydrogen (secondary N) is 1. The van der Waals surface area contributed by atoms with E-state index in [0.717, 1.165) is 17.2 Å². The van der Waals surface area contributed by atoms with E-state index in [-0.39, 0.29) is 37.5 Å². The van der Waals surface area contributed by atoms with Crippen LogP contribution in [0.25, 0.3) is 0 Å². The Hall–Kier alpha value is -2.76. The summed E-state index contributed by atoms with van der Waals surface area (Å²) in [5.41, 5.74) is 2.79. The Balaban J connectivity index is 2.17. The van der Waals surface area contributed by atoms with Crippen LogP contribution in [0.15, 0.2) is 30.3 Å². The van der Waals surface area contributed by atoms with E-state index in [2.05, 4.69) is 5.32 Å². The summed E-state index contributed by atoms with van der Waals surface area (Å²) >= 11 is 0. The van der Waals surface area contributed by atoms with Gasteiger partial charge in [0.05, 0.1) is 6.61 Å². The molecule has 27 heavy (non-hydrogen) atoms. The van der Waals surface area contributed by atoms with Crippen molar-refractivity contribution >= 4 is 11.9 Å². The summed E-state index contributed by atoms with van der Waals surface area (Å²) in [6.45, 7) is 5.51. The number of aryl methyl sites for hydroxylation is 2. The van der Waals surface area contributed by atoms with E-state index in [1.165, 1.54) is 6.07 Å². The van der Waals surface area contributed by atoms with E-state index in [0.29, 0.717) is 11.1 Å². The monoisotopic (exact) mass is 375 g/mol. The number of ether oxygens (including phenoxy) is 1. The second-order valence-electron chi connectivity index (χ2n) is 6.23. The van der Waals surface area contributed by atoms with Gasteiger partial charge in [-0.2, -0.15) is 0 Å². The van der Waals surface area contributed by atoms with Crippen LogP contribution in [0.4, 0.5) is 8.78 Å². The summed E-state index contributed by atoms with van der Waals surface area (Å²) < 4.78 is 32.8. The second-order valence-corrected chi connectivity index (χ2v) is 6.23. The molecule has 0 aliphatic rings. The molecule has 0 aromatic heterocycles. The fourth-order valence-corrected chi connectivity index (χ4v) is 2.79. The fourth-order valence-electron chi connectivity index (χ4n) is 2.79. The first kappa shape index (κ1) is 20.6. The van der Waals surface area contributed by atoms with Crippen molar-refractivity contribution in [1.82, 2.24) is 5.32 Å². The zero-order valence-corrected chi connectivity index (χ0v) is 15.7. The number of benzene rings is 2. The Morgan fingerprint density at radius 1 is 1.11 bits per heavy atom. The molecule has 0 fully saturated rings. The molecular weight excluding hydrogens is 352 g/mol. The molecule has 2 rings (SSSR count). The highest BCUT2D eigenvalue weighted by molar-refractivity contribution is 5.95. The van der Waals surface area contributed by atoms with Crippen LogP contribution in [0.2, 0.25) is 0 Å². The molecule has 2 aromatic rings. The van der Waals surface area contributed by atoms with Crippen molar-refractivity contribution in [1.29, 1.82) is 0 Å². The van der Waals surface area contributed by atoms with Crippen molar-refractivity contribution in [3.05, 3.63) is 69.8 Å². The maximum Gasteiger partial charge on any atom is 0.306 e. The van der Waals surface area contributed by atoms with Gasteiger partial charge in [0.15, 0.2) is 11.6 Å². The van der Waals surface area contributed by atoms with Gasteiger partial charge in [0.1, 0.15) is 0 Å². The number of hydrogen-bond acceptors (Lipinski definition) is 3. The standard InChI is InChI=1S/C21H23F2NO3/c1-4-27-19(25)11-9-15-8-10-18(22)20(23)17(15)12-24-21(26)16-7-5-6-13(2)14(16)3/h5-8,10H,4,9,11-12H2,1-3H3,(H,24,26). The highest BCUT2D eigenvalue weighted by Crippen LogP contribution is 2.19. The Labute approximate surface area is 157 Å². The van der Waals surface area contributed by atoms with Gasteiger partial charge >= 0.3 is 5.97 Å². The number of esters is 1. The third kappa shape index (κ3) is 5.12. The third-order valence-corrected chi connectivity index (χ3v) is 4.47. The van der Waals surface area contributed by atoms with Gasteiger partial charge in [0.2, 0.25) is 0 Å².